The lowest BCUT2D eigenvalue weighted by atomic mass is 10.1. The van der Waals surface area contributed by atoms with Crippen LogP contribution in [0.1, 0.15) is 73.1 Å². The minimum Gasteiger partial charge on any atom is -0.444 e. The maximum Gasteiger partial charge on any atom is 0.410 e. The Balaban J connectivity index is 2.60. The van der Waals surface area contributed by atoms with Crippen molar-refractivity contribution in [2.24, 2.45) is 5.92 Å². The number of rotatable bonds is 6. The summed E-state index contributed by atoms with van der Waals surface area (Å²) in [4.78, 5) is 14.6. The molecule has 130 valence electrons. The molecule has 4 heteroatoms. The van der Waals surface area contributed by atoms with E-state index in [1.807, 2.05) is 25.7 Å². The zero-order chi connectivity index (χ0) is 16.6. The lowest BCUT2D eigenvalue weighted by molar-refractivity contribution is 0.0147. The molecular weight excluding hydrogens is 276 g/mol. The fourth-order valence-corrected chi connectivity index (χ4v) is 2.90. The SMILES string of the molecule is CC(C)CNCCN(C(=O)OC(C)(C)C)C1CCCCCC1. The van der Waals surface area contributed by atoms with Crippen LogP contribution in [-0.4, -0.2) is 42.3 Å². The summed E-state index contributed by atoms with van der Waals surface area (Å²) in [5, 5.41) is 3.44. The molecule has 0 bridgehead atoms. The van der Waals surface area contributed by atoms with Crippen molar-refractivity contribution >= 4 is 6.09 Å². The van der Waals surface area contributed by atoms with E-state index in [0.29, 0.717) is 12.0 Å². The second-order valence-electron chi connectivity index (χ2n) is 7.92. The Hall–Kier alpha value is -0.770. The largest absolute Gasteiger partial charge is 0.444 e. The first-order valence-corrected chi connectivity index (χ1v) is 9.00. The van der Waals surface area contributed by atoms with Gasteiger partial charge >= 0.3 is 6.09 Å². The number of nitrogens with zero attached hydrogens (tertiary/aromatic N) is 1. The molecule has 1 N–H and O–H groups in total. The van der Waals surface area contributed by atoms with E-state index < -0.39 is 5.60 Å². The van der Waals surface area contributed by atoms with Crippen LogP contribution < -0.4 is 5.32 Å². The predicted molar refractivity (Wildman–Crippen MR) is 92.1 cm³/mol. The van der Waals surface area contributed by atoms with Crippen LogP contribution in [0.2, 0.25) is 0 Å². The number of ether oxygens (including phenoxy) is 1. The fraction of sp³-hybridized carbons (Fsp3) is 0.944. The summed E-state index contributed by atoms with van der Waals surface area (Å²) < 4.78 is 5.63. The van der Waals surface area contributed by atoms with Crippen LogP contribution in [0, 0.1) is 5.92 Å². The lowest BCUT2D eigenvalue weighted by Crippen LogP contribution is -2.46. The summed E-state index contributed by atoms with van der Waals surface area (Å²) in [7, 11) is 0. The van der Waals surface area contributed by atoms with Crippen LogP contribution in [0.15, 0.2) is 0 Å². The van der Waals surface area contributed by atoms with Gasteiger partial charge in [-0.1, -0.05) is 39.5 Å². The zero-order valence-corrected chi connectivity index (χ0v) is 15.3. The summed E-state index contributed by atoms with van der Waals surface area (Å²) in [6.45, 7) is 12.8. The first kappa shape index (κ1) is 19.3. The van der Waals surface area contributed by atoms with E-state index in [-0.39, 0.29) is 6.09 Å². The molecule has 1 rings (SSSR count). The highest BCUT2D eigenvalue weighted by Gasteiger charge is 2.28. The summed E-state index contributed by atoms with van der Waals surface area (Å²) in [5.74, 6) is 0.632. The molecule has 0 saturated heterocycles. The molecule has 1 saturated carbocycles. The second kappa shape index (κ2) is 9.39. The van der Waals surface area contributed by atoms with Gasteiger partial charge in [-0.25, -0.2) is 4.79 Å². The van der Waals surface area contributed by atoms with Gasteiger partial charge in [-0.05, 0) is 46.1 Å². The first-order valence-electron chi connectivity index (χ1n) is 9.00. The van der Waals surface area contributed by atoms with Crippen LogP contribution in [0.5, 0.6) is 0 Å². The van der Waals surface area contributed by atoms with E-state index >= 15 is 0 Å². The molecule has 1 aliphatic carbocycles. The molecule has 0 aromatic heterocycles. The molecule has 4 nitrogen and oxygen atoms in total. The highest BCUT2D eigenvalue weighted by atomic mass is 16.6. The van der Waals surface area contributed by atoms with E-state index in [9.17, 15) is 4.79 Å². The number of carbonyl (C=O) groups is 1. The van der Waals surface area contributed by atoms with Crippen molar-refractivity contribution in [2.45, 2.75) is 84.8 Å². The zero-order valence-electron chi connectivity index (χ0n) is 15.3. The second-order valence-corrected chi connectivity index (χ2v) is 7.92. The number of hydrogen-bond acceptors (Lipinski definition) is 3. The molecule has 1 fully saturated rings. The minimum absolute atomic E-state index is 0.147. The third-order valence-corrected chi connectivity index (χ3v) is 3.98. The standard InChI is InChI=1S/C18H36N2O2/c1-15(2)14-19-12-13-20(17(21)22-18(3,4)5)16-10-8-6-7-9-11-16/h15-16,19H,6-14H2,1-5H3. The molecule has 0 aromatic rings. The van der Waals surface area contributed by atoms with E-state index in [2.05, 4.69) is 19.2 Å². The first-order chi connectivity index (χ1) is 10.3. The molecule has 1 aliphatic rings. The maximum absolute atomic E-state index is 12.6. The minimum atomic E-state index is -0.425. The van der Waals surface area contributed by atoms with Crippen molar-refractivity contribution in [2.75, 3.05) is 19.6 Å². The third-order valence-electron chi connectivity index (χ3n) is 3.98. The normalized spacial score (nSPS) is 17.4. The quantitative estimate of drug-likeness (QED) is 0.590. The van der Waals surface area contributed by atoms with Crippen molar-refractivity contribution < 1.29 is 9.53 Å². The summed E-state index contributed by atoms with van der Waals surface area (Å²) in [6.07, 6.45) is 7.12. The Morgan fingerprint density at radius 2 is 1.77 bits per heavy atom. The topological polar surface area (TPSA) is 41.6 Å². The van der Waals surface area contributed by atoms with Crippen molar-refractivity contribution in [3.05, 3.63) is 0 Å². The van der Waals surface area contributed by atoms with Crippen LogP contribution in [0.4, 0.5) is 4.79 Å². The monoisotopic (exact) mass is 312 g/mol. The molecule has 0 unspecified atom stereocenters. The van der Waals surface area contributed by atoms with Crippen molar-refractivity contribution in [3.63, 3.8) is 0 Å². The molecular formula is C18H36N2O2. The Bertz CT molecular complexity index is 316. The highest BCUT2D eigenvalue weighted by molar-refractivity contribution is 5.68. The van der Waals surface area contributed by atoms with Crippen molar-refractivity contribution in [3.8, 4) is 0 Å². The number of nitrogens with one attached hydrogen (secondary N) is 1. The Morgan fingerprint density at radius 3 is 2.27 bits per heavy atom. The van der Waals surface area contributed by atoms with E-state index in [4.69, 9.17) is 4.74 Å². The number of hydrogen-bond donors (Lipinski definition) is 1. The molecule has 1 amide bonds. The average Bonchev–Trinajstić information content (AvgIpc) is 2.65. The molecule has 0 spiro atoms. The molecule has 0 aromatic carbocycles. The van der Waals surface area contributed by atoms with Gasteiger partial charge in [0, 0.05) is 19.1 Å². The Morgan fingerprint density at radius 1 is 1.18 bits per heavy atom. The van der Waals surface area contributed by atoms with Crippen molar-refractivity contribution in [1.29, 1.82) is 0 Å². The van der Waals surface area contributed by atoms with Gasteiger partial charge in [-0.2, -0.15) is 0 Å². The lowest BCUT2D eigenvalue weighted by Gasteiger charge is -2.33. The van der Waals surface area contributed by atoms with Gasteiger partial charge in [0.2, 0.25) is 0 Å². The van der Waals surface area contributed by atoms with Crippen LogP contribution in [0.3, 0.4) is 0 Å². The predicted octanol–water partition coefficient (Wildman–Crippen LogP) is 4.19. The highest BCUT2D eigenvalue weighted by Crippen LogP contribution is 2.23. The van der Waals surface area contributed by atoms with Gasteiger partial charge in [0.1, 0.15) is 5.60 Å². The summed E-state index contributed by atoms with van der Waals surface area (Å²) >= 11 is 0. The molecule has 0 radical (unpaired) electrons. The van der Waals surface area contributed by atoms with Gasteiger partial charge in [0.25, 0.3) is 0 Å². The van der Waals surface area contributed by atoms with Gasteiger partial charge in [-0.15, -0.1) is 0 Å². The molecule has 0 heterocycles. The number of carbonyl (C=O) groups excluding carboxylic acids is 1. The van der Waals surface area contributed by atoms with Crippen molar-refractivity contribution in [1.82, 2.24) is 10.2 Å². The summed E-state index contributed by atoms with van der Waals surface area (Å²) in [5.41, 5.74) is -0.425. The number of amides is 1. The molecule has 0 atom stereocenters. The van der Waals surface area contributed by atoms with Gasteiger partial charge in [0.15, 0.2) is 0 Å². The maximum atomic E-state index is 12.6. The van der Waals surface area contributed by atoms with Crippen LogP contribution in [-0.2, 0) is 4.74 Å². The van der Waals surface area contributed by atoms with Crippen LogP contribution >= 0.6 is 0 Å². The Kier molecular flexibility index (Phi) is 8.23. The fourth-order valence-electron chi connectivity index (χ4n) is 2.90. The molecule has 22 heavy (non-hydrogen) atoms. The molecule has 0 aliphatic heterocycles. The average molecular weight is 312 g/mol. The van der Waals surface area contributed by atoms with Gasteiger partial charge in [0.05, 0.1) is 0 Å². The van der Waals surface area contributed by atoms with E-state index in [1.54, 1.807) is 0 Å². The summed E-state index contributed by atoms with van der Waals surface area (Å²) in [6, 6.07) is 0.346. The van der Waals surface area contributed by atoms with Gasteiger partial charge < -0.3 is 15.0 Å². The third kappa shape index (κ3) is 8.02. The Labute approximate surface area is 137 Å². The van der Waals surface area contributed by atoms with Gasteiger partial charge in [-0.3, -0.25) is 0 Å². The van der Waals surface area contributed by atoms with Crippen LogP contribution in [0.25, 0.3) is 0 Å². The smallest absolute Gasteiger partial charge is 0.410 e. The van der Waals surface area contributed by atoms with E-state index in [0.717, 1.165) is 32.5 Å². The van der Waals surface area contributed by atoms with E-state index in [1.165, 1.54) is 25.7 Å².